The molecule has 17 heavy (non-hydrogen) atoms. The Morgan fingerprint density at radius 2 is 2.06 bits per heavy atom. The van der Waals surface area contributed by atoms with Crippen molar-refractivity contribution in [1.82, 2.24) is 15.0 Å². The van der Waals surface area contributed by atoms with Gasteiger partial charge in [-0.05, 0) is 19.1 Å². The van der Waals surface area contributed by atoms with E-state index in [1.54, 1.807) is 22.8 Å². The van der Waals surface area contributed by atoms with Crippen molar-refractivity contribution < 1.29 is 4.79 Å². The van der Waals surface area contributed by atoms with E-state index in [9.17, 15) is 4.79 Å². The van der Waals surface area contributed by atoms with Crippen molar-refractivity contribution in [1.29, 1.82) is 0 Å². The molecule has 0 saturated heterocycles. The number of hydrogen-bond acceptors (Lipinski definition) is 3. The molecule has 1 aromatic carbocycles. The molecular weight excluding hydrogens is 216 g/mol. The standard InChI is InChI=1S/C12H14N4O/c1-10-8-13-14-16(10)9-12(17)15(2)11-6-4-3-5-7-11/h3-8H,9H2,1-2H3. The van der Waals surface area contributed by atoms with Gasteiger partial charge < -0.3 is 4.90 Å². The molecular formula is C12H14N4O. The van der Waals surface area contributed by atoms with Crippen molar-refractivity contribution in [2.75, 3.05) is 11.9 Å². The van der Waals surface area contributed by atoms with E-state index >= 15 is 0 Å². The van der Waals surface area contributed by atoms with Crippen LogP contribution in [0.3, 0.4) is 0 Å². The minimum atomic E-state index is -0.0233. The third kappa shape index (κ3) is 2.50. The molecule has 5 nitrogen and oxygen atoms in total. The van der Waals surface area contributed by atoms with Gasteiger partial charge in [-0.25, -0.2) is 4.68 Å². The molecule has 1 heterocycles. The van der Waals surface area contributed by atoms with E-state index in [0.717, 1.165) is 11.4 Å². The number of rotatable bonds is 3. The number of carbonyl (C=O) groups is 1. The maximum atomic E-state index is 12.0. The maximum absolute atomic E-state index is 12.0. The molecule has 88 valence electrons. The summed E-state index contributed by atoms with van der Waals surface area (Å²) in [5, 5.41) is 7.60. The van der Waals surface area contributed by atoms with E-state index in [-0.39, 0.29) is 12.5 Å². The number of benzene rings is 1. The van der Waals surface area contributed by atoms with Crippen LogP contribution in [-0.4, -0.2) is 27.9 Å². The van der Waals surface area contributed by atoms with Gasteiger partial charge in [-0.1, -0.05) is 23.4 Å². The number of carbonyl (C=O) groups excluding carboxylic acids is 1. The molecule has 0 spiro atoms. The summed E-state index contributed by atoms with van der Waals surface area (Å²) in [7, 11) is 1.75. The second-order valence-corrected chi connectivity index (χ2v) is 3.82. The zero-order valence-corrected chi connectivity index (χ0v) is 9.87. The van der Waals surface area contributed by atoms with Crippen LogP contribution in [-0.2, 0) is 11.3 Å². The summed E-state index contributed by atoms with van der Waals surface area (Å²) >= 11 is 0. The number of para-hydroxylation sites is 1. The normalized spacial score (nSPS) is 10.2. The lowest BCUT2D eigenvalue weighted by atomic mass is 10.3. The summed E-state index contributed by atoms with van der Waals surface area (Å²) in [6.45, 7) is 2.08. The SMILES string of the molecule is Cc1cnnn1CC(=O)N(C)c1ccccc1. The van der Waals surface area contributed by atoms with Gasteiger partial charge in [0.1, 0.15) is 6.54 Å². The van der Waals surface area contributed by atoms with Crippen LogP contribution in [0.5, 0.6) is 0 Å². The van der Waals surface area contributed by atoms with Gasteiger partial charge in [0.2, 0.25) is 5.91 Å². The average Bonchev–Trinajstić information content (AvgIpc) is 2.75. The number of likely N-dealkylation sites (N-methyl/N-ethyl adjacent to an activating group) is 1. The number of nitrogens with zero attached hydrogens (tertiary/aromatic N) is 4. The summed E-state index contributed by atoms with van der Waals surface area (Å²) in [6.07, 6.45) is 1.63. The van der Waals surface area contributed by atoms with Crippen molar-refractivity contribution in [2.45, 2.75) is 13.5 Å². The molecule has 0 bridgehead atoms. The minimum absolute atomic E-state index is 0.0233. The van der Waals surface area contributed by atoms with Crippen LogP contribution in [0.4, 0.5) is 5.69 Å². The van der Waals surface area contributed by atoms with Crippen LogP contribution in [0.25, 0.3) is 0 Å². The molecule has 0 aliphatic carbocycles. The maximum Gasteiger partial charge on any atom is 0.248 e. The van der Waals surface area contributed by atoms with Gasteiger partial charge in [-0.2, -0.15) is 0 Å². The first-order chi connectivity index (χ1) is 8.18. The summed E-state index contributed by atoms with van der Waals surface area (Å²) in [6, 6.07) is 9.52. The fraction of sp³-hybridized carbons (Fsp3) is 0.250. The topological polar surface area (TPSA) is 51.0 Å². The van der Waals surface area contributed by atoms with Crippen molar-refractivity contribution in [2.24, 2.45) is 0 Å². The largest absolute Gasteiger partial charge is 0.314 e. The molecule has 0 radical (unpaired) electrons. The molecule has 0 unspecified atom stereocenters. The molecule has 0 saturated carbocycles. The predicted octanol–water partition coefficient (Wildman–Crippen LogP) is 1.25. The lowest BCUT2D eigenvalue weighted by Crippen LogP contribution is -2.30. The fourth-order valence-electron chi connectivity index (χ4n) is 1.49. The number of anilines is 1. The first-order valence-corrected chi connectivity index (χ1v) is 5.35. The van der Waals surface area contributed by atoms with E-state index < -0.39 is 0 Å². The molecule has 0 aliphatic heterocycles. The molecule has 0 fully saturated rings. The predicted molar refractivity (Wildman–Crippen MR) is 64.6 cm³/mol. The lowest BCUT2D eigenvalue weighted by molar-refractivity contribution is -0.119. The van der Waals surface area contributed by atoms with Crippen molar-refractivity contribution in [3.63, 3.8) is 0 Å². The zero-order valence-electron chi connectivity index (χ0n) is 9.87. The van der Waals surface area contributed by atoms with E-state index in [2.05, 4.69) is 10.3 Å². The van der Waals surface area contributed by atoms with Crippen LogP contribution in [0.1, 0.15) is 5.69 Å². The Bertz CT molecular complexity index is 506. The van der Waals surface area contributed by atoms with Gasteiger partial charge in [0.15, 0.2) is 0 Å². The van der Waals surface area contributed by atoms with Crippen molar-refractivity contribution in [3.8, 4) is 0 Å². The summed E-state index contributed by atoms with van der Waals surface area (Å²) in [5.74, 6) is -0.0233. The molecule has 1 aromatic heterocycles. The van der Waals surface area contributed by atoms with Gasteiger partial charge in [-0.15, -0.1) is 5.10 Å². The van der Waals surface area contributed by atoms with Gasteiger partial charge in [-0.3, -0.25) is 4.79 Å². The molecule has 2 rings (SSSR count). The smallest absolute Gasteiger partial charge is 0.248 e. The number of hydrogen-bond donors (Lipinski definition) is 0. The average molecular weight is 230 g/mol. The van der Waals surface area contributed by atoms with Crippen molar-refractivity contribution in [3.05, 3.63) is 42.2 Å². The van der Waals surface area contributed by atoms with Crippen LogP contribution < -0.4 is 4.90 Å². The van der Waals surface area contributed by atoms with Crippen LogP contribution in [0.2, 0.25) is 0 Å². The Balaban J connectivity index is 2.09. The Labute approximate surface area is 99.7 Å². The minimum Gasteiger partial charge on any atom is -0.314 e. The molecule has 1 amide bonds. The second kappa shape index (κ2) is 4.78. The summed E-state index contributed by atoms with van der Waals surface area (Å²) in [4.78, 5) is 13.6. The fourth-order valence-corrected chi connectivity index (χ4v) is 1.49. The molecule has 0 N–H and O–H groups in total. The Morgan fingerprint density at radius 1 is 1.35 bits per heavy atom. The third-order valence-corrected chi connectivity index (χ3v) is 2.61. The van der Waals surface area contributed by atoms with E-state index in [0.29, 0.717) is 0 Å². The highest BCUT2D eigenvalue weighted by Crippen LogP contribution is 2.11. The monoisotopic (exact) mass is 230 g/mol. The Kier molecular flexibility index (Phi) is 3.18. The van der Waals surface area contributed by atoms with E-state index in [4.69, 9.17) is 0 Å². The first-order valence-electron chi connectivity index (χ1n) is 5.35. The Hall–Kier alpha value is -2.17. The number of aromatic nitrogens is 3. The van der Waals surface area contributed by atoms with Crippen LogP contribution >= 0.6 is 0 Å². The molecule has 2 aromatic rings. The molecule has 5 heteroatoms. The van der Waals surface area contributed by atoms with Gasteiger partial charge >= 0.3 is 0 Å². The Morgan fingerprint density at radius 3 is 2.65 bits per heavy atom. The molecule has 0 atom stereocenters. The lowest BCUT2D eigenvalue weighted by Gasteiger charge is -2.17. The van der Waals surface area contributed by atoms with E-state index in [1.165, 1.54) is 0 Å². The highest BCUT2D eigenvalue weighted by molar-refractivity contribution is 5.92. The van der Waals surface area contributed by atoms with Gasteiger partial charge in [0, 0.05) is 12.7 Å². The van der Waals surface area contributed by atoms with Gasteiger partial charge in [0.25, 0.3) is 0 Å². The highest BCUT2D eigenvalue weighted by Gasteiger charge is 2.12. The highest BCUT2D eigenvalue weighted by atomic mass is 16.2. The van der Waals surface area contributed by atoms with Crippen LogP contribution in [0, 0.1) is 6.92 Å². The second-order valence-electron chi connectivity index (χ2n) is 3.82. The summed E-state index contributed by atoms with van der Waals surface area (Å²) < 4.78 is 1.59. The number of aryl methyl sites for hydroxylation is 1. The summed E-state index contributed by atoms with van der Waals surface area (Å²) in [5.41, 5.74) is 1.75. The third-order valence-electron chi connectivity index (χ3n) is 2.61. The van der Waals surface area contributed by atoms with Crippen LogP contribution in [0.15, 0.2) is 36.5 Å². The van der Waals surface area contributed by atoms with E-state index in [1.807, 2.05) is 37.3 Å². The zero-order chi connectivity index (χ0) is 12.3. The number of amides is 1. The van der Waals surface area contributed by atoms with Crippen molar-refractivity contribution >= 4 is 11.6 Å². The quantitative estimate of drug-likeness (QED) is 0.797. The first kappa shape index (κ1) is 11.3. The molecule has 0 aliphatic rings. The van der Waals surface area contributed by atoms with Gasteiger partial charge in [0.05, 0.1) is 11.9 Å².